The lowest BCUT2D eigenvalue weighted by Gasteiger charge is -2.24. The maximum Gasteiger partial charge on any atom is 0.296 e. The summed E-state index contributed by atoms with van der Waals surface area (Å²) in [6, 6.07) is 15.5. The van der Waals surface area contributed by atoms with E-state index in [1.54, 1.807) is 48.5 Å². The van der Waals surface area contributed by atoms with E-state index in [2.05, 4.69) is 0 Å². The first-order valence-electron chi connectivity index (χ1n) is 10.3. The van der Waals surface area contributed by atoms with E-state index in [-0.39, 0.29) is 23.6 Å². The minimum atomic E-state index is -0.846. The van der Waals surface area contributed by atoms with E-state index < -0.39 is 17.7 Å². The molecule has 2 heterocycles. The highest BCUT2D eigenvalue weighted by atomic mass is 16.5. The van der Waals surface area contributed by atoms with Crippen molar-refractivity contribution < 1.29 is 29.0 Å². The zero-order chi connectivity index (χ0) is 22.7. The number of furan rings is 1. The van der Waals surface area contributed by atoms with Gasteiger partial charge < -0.3 is 24.3 Å². The van der Waals surface area contributed by atoms with Crippen LogP contribution in [0.15, 0.2) is 76.9 Å². The SMILES string of the molecule is CCCOc1cccc(/C(O)=C2/C(=O)C(=O)N(Cc3ccco3)C2c2ccc(O)cc2)c1. The number of carbonyl (C=O) groups is 2. The molecular formula is C25H23NO6. The number of hydrogen-bond donors (Lipinski definition) is 2. The number of carbonyl (C=O) groups excluding carboxylic acids is 2. The second kappa shape index (κ2) is 9.01. The minimum Gasteiger partial charge on any atom is -0.508 e. The van der Waals surface area contributed by atoms with Crippen LogP contribution in [0.5, 0.6) is 11.5 Å². The van der Waals surface area contributed by atoms with Crippen molar-refractivity contribution in [1.82, 2.24) is 4.90 Å². The first-order valence-corrected chi connectivity index (χ1v) is 10.3. The number of Topliss-reactive ketones (excluding diaryl/α,β-unsaturated/α-hetero) is 1. The number of ether oxygens (including phenoxy) is 1. The smallest absolute Gasteiger partial charge is 0.296 e. The van der Waals surface area contributed by atoms with Crippen LogP contribution in [0.2, 0.25) is 0 Å². The second-order valence-electron chi connectivity index (χ2n) is 7.47. The standard InChI is InChI=1S/C25H23NO6/c1-2-12-31-19-6-3-5-17(14-19)23(28)21-22(16-8-10-18(27)11-9-16)26(25(30)24(21)29)15-20-7-4-13-32-20/h3-11,13-14,22,27-28H,2,12,15H2,1H3/b23-21-. The Bertz CT molecular complexity index is 1150. The quantitative estimate of drug-likeness (QED) is 0.326. The molecule has 1 unspecified atom stereocenters. The lowest BCUT2D eigenvalue weighted by atomic mass is 9.95. The maximum atomic E-state index is 13.0. The van der Waals surface area contributed by atoms with Gasteiger partial charge in [-0.25, -0.2) is 0 Å². The molecule has 1 saturated heterocycles. The number of amides is 1. The molecule has 1 aromatic heterocycles. The summed E-state index contributed by atoms with van der Waals surface area (Å²) < 4.78 is 11.0. The van der Waals surface area contributed by atoms with Gasteiger partial charge in [0.15, 0.2) is 0 Å². The van der Waals surface area contributed by atoms with Crippen molar-refractivity contribution in [1.29, 1.82) is 0 Å². The number of benzene rings is 2. The normalized spacial score (nSPS) is 17.7. The summed E-state index contributed by atoms with van der Waals surface area (Å²) in [5.74, 6) is -0.693. The Morgan fingerprint density at radius 2 is 1.88 bits per heavy atom. The summed E-state index contributed by atoms with van der Waals surface area (Å²) in [6.45, 7) is 2.56. The van der Waals surface area contributed by atoms with Crippen LogP contribution in [0, 0.1) is 0 Å². The van der Waals surface area contributed by atoms with Gasteiger partial charge in [0.1, 0.15) is 23.0 Å². The molecule has 1 atom stereocenters. The molecule has 4 rings (SSSR count). The van der Waals surface area contributed by atoms with Gasteiger partial charge in [-0.2, -0.15) is 0 Å². The molecule has 164 valence electrons. The summed E-state index contributed by atoms with van der Waals surface area (Å²) in [5.41, 5.74) is 0.923. The Morgan fingerprint density at radius 3 is 2.56 bits per heavy atom. The van der Waals surface area contributed by atoms with Gasteiger partial charge >= 0.3 is 0 Å². The highest BCUT2D eigenvalue weighted by molar-refractivity contribution is 6.46. The van der Waals surface area contributed by atoms with Gasteiger partial charge in [-0.1, -0.05) is 31.2 Å². The number of hydrogen-bond acceptors (Lipinski definition) is 6. The van der Waals surface area contributed by atoms with Crippen molar-refractivity contribution >= 4 is 17.4 Å². The number of likely N-dealkylation sites (tertiary alicyclic amines) is 1. The number of aromatic hydroxyl groups is 1. The fourth-order valence-electron chi connectivity index (χ4n) is 3.73. The molecular weight excluding hydrogens is 410 g/mol. The van der Waals surface area contributed by atoms with Crippen molar-refractivity contribution in [3.05, 3.63) is 89.4 Å². The largest absolute Gasteiger partial charge is 0.508 e. The van der Waals surface area contributed by atoms with Crippen LogP contribution in [-0.4, -0.2) is 33.4 Å². The maximum absolute atomic E-state index is 13.0. The molecule has 1 aliphatic heterocycles. The van der Waals surface area contributed by atoms with E-state index in [1.165, 1.54) is 23.3 Å². The average Bonchev–Trinajstić information content (AvgIpc) is 3.40. The van der Waals surface area contributed by atoms with Crippen LogP contribution < -0.4 is 4.74 Å². The van der Waals surface area contributed by atoms with Crippen LogP contribution in [0.25, 0.3) is 5.76 Å². The highest BCUT2D eigenvalue weighted by Crippen LogP contribution is 2.41. The lowest BCUT2D eigenvalue weighted by Crippen LogP contribution is -2.29. The van der Waals surface area contributed by atoms with Gasteiger partial charge in [-0.05, 0) is 48.4 Å². The number of aliphatic hydroxyl groups is 1. The Labute approximate surface area is 185 Å². The van der Waals surface area contributed by atoms with E-state index in [1.807, 2.05) is 6.92 Å². The zero-order valence-electron chi connectivity index (χ0n) is 17.5. The van der Waals surface area contributed by atoms with Crippen molar-refractivity contribution in [3.63, 3.8) is 0 Å². The van der Waals surface area contributed by atoms with E-state index in [0.29, 0.717) is 29.2 Å². The summed E-state index contributed by atoms with van der Waals surface area (Å²) in [5, 5.41) is 20.8. The van der Waals surface area contributed by atoms with Gasteiger partial charge in [0.25, 0.3) is 11.7 Å². The van der Waals surface area contributed by atoms with Gasteiger partial charge in [-0.15, -0.1) is 0 Å². The summed E-state index contributed by atoms with van der Waals surface area (Å²) in [6.07, 6.45) is 2.32. The minimum absolute atomic E-state index is 0.0279. The van der Waals surface area contributed by atoms with Crippen molar-refractivity contribution in [2.75, 3.05) is 6.61 Å². The van der Waals surface area contributed by atoms with Crippen LogP contribution >= 0.6 is 0 Å². The molecule has 1 amide bonds. The Balaban J connectivity index is 1.81. The zero-order valence-corrected chi connectivity index (χ0v) is 17.5. The van der Waals surface area contributed by atoms with Crippen LogP contribution in [0.1, 0.15) is 36.3 Å². The molecule has 32 heavy (non-hydrogen) atoms. The molecule has 0 aliphatic carbocycles. The first kappa shape index (κ1) is 21.2. The number of aliphatic hydroxyl groups excluding tert-OH is 1. The molecule has 7 nitrogen and oxygen atoms in total. The summed E-state index contributed by atoms with van der Waals surface area (Å²) in [7, 11) is 0. The van der Waals surface area contributed by atoms with Crippen LogP contribution in [-0.2, 0) is 16.1 Å². The topological polar surface area (TPSA) is 100 Å². The molecule has 0 saturated carbocycles. The summed E-state index contributed by atoms with van der Waals surface area (Å²) in [4.78, 5) is 27.4. The third kappa shape index (κ3) is 4.09. The van der Waals surface area contributed by atoms with Crippen LogP contribution in [0.3, 0.4) is 0 Å². The van der Waals surface area contributed by atoms with Crippen molar-refractivity contribution in [2.45, 2.75) is 25.9 Å². The van der Waals surface area contributed by atoms with Gasteiger partial charge in [0.05, 0.1) is 31.0 Å². The molecule has 7 heteroatoms. The fraction of sp³-hybridized carbons (Fsp3) is 0.200. The fourth-order valence-corrected chi connectivity index (χ4v) is 3.73. The van der Waals surface area contributed by atoms with E-state index in [0.717, 1.165) is 6.42 Å². The highest BCUT2D eigenvalue weighted by Gasteiger charge is 2.46. The summed E-state index contributed by atoms with van der Waals surface area (Å²) >= 11 is 0. The van der Waals surface area contributed by atoms with Gasteiger partial charge in [0.2, 0.25) is 0 Å². The van der Waals surface area contributed by atoms with Crippen molar-refractivity contribution in [3.8, 4) is 11.5 Å². The number of ketones is 1. The Morgan fingerprint density at radius 1 is 1.09 bits per heavy atom. The predicted octanol–water partition coefficient (Wildman–Crippen LogP) is 4.40. The second-order valence-corrected chi connectivity index (χ2v) is 7.47. The number of phenols is 1. The number of nitrogens with zero attached hydrogens (tertiary/aromatic N) is 1. The van der Waals surface area contributed by atoms with Gasteiger partial charge in [-0.3, -0.25) is 9.59 Å². The third-order valence-corrected chi connectivity index (χ3v) is 5.24. The Kier molecular flexibility index (Phi) is 5.98. The molecule has 0 spiro atoms. The van der Waals surface area contributed by atoms with E-state index >= 15 is 0 Å². The molecule has 2 aromatic carbocycles. The molecule has 1 fully saturated rings. The van der Waals surface area contributed by atoms with Gasteiger partial charge in [0, 0.05) is 5.56 Å². The number of rotatable bonds is 7. The van der Waals surface area contributed by atoms with E-state index in [9.17, 15) is 19.8 Å². The van der Waals surface area contributed by atoms with Crippen LogP contribution in [0.4, 0.5) is 0 Å². The third-order valence-electron chi connectivity index (χ3n) is 5.24. The molecule has 1 aliphatic rings. The average molecular weight is 433 g/mol. The first-order chi connectivity index (χ1) is 15.5. The van der Waals surface area contributed by atoms with Crippen molar-refractivity contribution in [2.24, 2.45) is 0 Å². The Hall–Kier alpha value is -4.00. The van der Waals surface area contributed by atoms with E-state index in [4.69, 9.17) is 9.15 Å². The molecule has 0 bridgehead atoms. The monoisotopic (exact) mass is 433 g/mol. The molecule has 3 aromatic rings. The predicted molar refractivity (Wildman–Crippen MR) is 117 cm³/mol. The number of phenolic OH excluding ortho intramolecular Hbond substituents is 1. The molecule has 2 N–H and O–H groups in total. The lowest BCUT2D eigenvalue weighted by molar-refractivity contribution is -0.140. The molecule has 0 radical (unpaired) electrons.